The van der Waals surface area contributed by atoms with Gasteiger partial charge in [-0.05, 0) is 30.7 Å². The molecule has 0 atom stereocenters. The lowest BCUT2D eigenvalue weighted by Crippen LogP contribution is -2.05. The molecule has 4 nitrogen and oxygen atoms in total. The Labute approximate surface area is 165 Å². The van der Waals surface area contributed by atoms with E-state index in [1.165, 1.54) is 24.3 Å². The fraction of sp³-hybridized carbons (Fsp3) is 0.0476. The van der Waals surface area contributed by atoms with E-state index in [1.54, 1.807) is 6.92 Å². The quantitative estimate of drug-likeness (QED) is 0.336. The lowest BCUT2D eigenvalue weighted by molar-refractivity contribution is 0.0698. The summed E-state index contributed by atoms with van der Waals surface area (Å²) in [5, 5.41) is 9.32. The molecule has 152 valence electrons. The minimum Gasteiger partial charge on any atom is -0.478 e. The lowest BCUT2D eigenvalue weighted by Gasteiger charge is -2.11. The van der Waals surface area contributed by atoms with E-state index in [2.05, 4.69) is 9.97 Å². The van der Waals surface area contributed by atoms with E-state index in [0.29, 0.717) is 5.56 Å². The van der Waals surface area contributed by atoms with Gasteiger partial charge in [0.2, 0.25) is 0 Å². The molecule has 0 aliphatic rings. The minimum absolute atomic E-state index is 0.111. The summed E-state index contributed by atoms with van der Waals surface area (Å²) in [7, 11) is 0. The molecule has 4 rings (SSSR count). The van der Waals surface area contributed by atoms with Crippen LogP contribution in [0.4, 0.5) is 22.0 Å². The van der Waals surface area contributed by atoms with Gasteiger partial charge in [0.1, 0.15) is 17.2 Å². The smallest absolute Gasteiger partial charge is 0.337 e. The third-order valence-electron chi connectivity index (χ3n) is 4.60. The topological polar surface area (TPSA) is 66.0 Å². The molecule has 0 aliphatic heterocycles. The zero-order valence-electron chi connectivity index (χ0n) is 15.2. The Balaban J connectivity index is 2.01. The van der Waals surface area contributed by atoms with E-state index in [-0.39, 0.29) is 16.6 Å². The summed E-state index contributed by atoms with van der Waals surface area (Å²) in [4.78, 5) is 17.8. The van der Waals surface area contributed by atoms with Gasteiger partial charge in [-0.1, -0.05) is 18.2 Å². The Morgan fingerprint density at radius 2 is 1.53 bits per heavy atom. The van der Waals surface area contributed by atoms with Crippen LogP contribution in [0.2, 0.25) is 0 Å². The van der Waals surface area contributed by atoms with Crippen LogP contribution >= 0.6 is 0 Å². The van der Waals surface area contributed by atoms with E-state index < -0.39 is 57.6 Å². The van der Waals surface area contributed by atoms with Gasteiger partial charge in [-0.25, -0.2) is 31.7 Å². The number of aryl methyl sites for hydroxylation is 1. The number of halogens is 5. The van der Waals surface area contributed by atoms with Crippen molar-refractivity contribution in [3.05, 3.63) is 76.6 Å². The molecule has 0 saturated heterocycles. The fourth-order valence-electron chi connectivity index (χ4n) is 3.28. The van der Waals surface area contributed by atoms with Crippen LogP contribution in [0, 0.1) is 36.0 Å². The van der Waals surface area contributed by atoms with Gasteiger partial charge in [-0.3, -0.25) is 0 Å². The number of rotatable bonds is 3. The maximum atomic E-state index is 14.8. The molecule has 30 heavy (non-hydrogen) atoms. The first-order valence-electron chi connectivity index (χ1n) is 8.55. The predicted octanol–water partition coefficient (Wildman–Crippen LogP) is 5.60. The zero-order valence-corrected chi connectivity index (χ0v) is 15.2. The highest BCUT2D eigenvalue weighted by Crippen LogP contribution is 2.37. The number of imidazole rings is 1. The van der Waals surface area contributed by atoms with Gasteiger partial charge in [0, 0.05) is 5.56 Å². The Hall–Kier alpha value is -3.75. The first kappa shape index (κ1) is 19.6. The number of hydrogen-bond donors (Lipinski definition) is 2. The van der Waals surface area contributed by atoms with Gasteiger partial charge in [-0.2, -0.15) is 0 Å². The Morgan fingerprint density at radius 3 is 2.13 bits per heavy atom. The van der Waals surface area contributed by atoms with Crippen molar-refractivity contribution in [3.8, 4) is 22.5 Å². The number of carboxylic acids is 1. The summed E-state index contributed by atoms with van der Waals surface area (Å²) in [6.45, 7) is 1.59. The van der Waals surface area contributed by atoms with E-state index in [0.717, 1.165) is 12.1 Å². The first-order chi connectivity index (χ1) is 14.2. The molecule has 0 spiro atoms. The van der Waals surface area contributed by atoms with Gasteiger partial charge in [0.05, 0.1) is 22.2 Å². The van der Waals surface area contributed by atoms with Crippen LogP contribution in [0.15, 0.2) is 36.4 Å². The molecule has 9 heteroatoms. The number of hydrogen-bond acceptors (Lipinski definition) is 2. The Kier molecular flexibility index (Phi) is 4.53. The molecule has 0 aliphatic carbocycles. The number of aromatic nitrogens is 2. The number of nitrogens with one attached hydrogen (secondary N) is 1. The van der Waals surface area contributed by atoms with Crippen molar-refractivity contribution < 1.29 is 31.9 Å². The average Bonchev–Trinajstić information content (AvgIpc) is 3.10. The van der Waals surface area contributed by atoms with E-state index >= 15 is 0 Å². The second kappa shape index (κ2) is 6.94. The van der Waals surface area contributed by atoms with Crippen LogP contribution in [0.25, 0.3) is 33.5 Å². The fourth-order valence-corrected chi connectivity index (χ4v) is 3.28. The van der Waals surface area contributed by atoms with Gasteiger partial charge >= 0.3 is 5.97 Å². The standard InChI is InChI=1S/C21H11F5N2O2/c1-8-6-10(21(29)30)19-12(7-8)27-20(28-19)14-17(25)15(23)13(16(24)18(14)26)9-4-2-3-5-11(9)22/h2-7H,1H3,(H,27,28)(H,29,30). The third kappa shape index (κ3) is 2.90. The van der Waals surface area contributed by atoms with Crippen LogP contribution in [0.1, 0.15) is 15.9 Å². The number of carboxylic acid groups (broad SMARTS) is 1. The Bertz CT molecular complexity index is 1320. The van der Waals surface area contributed by atoms with Crippen molar-refractivity contribution in [2.24, 2.45) is 0 Å². The molecule has 0 fully saturated rings. The zero-order chi connectivity index (χ0) is 21.7. The van der Waals surface area contributed by atoms with E-state index in [1.807, 2.05) is 0 Å². The Morgan fingerprint density at radius 1 is 0.933 bits per heavy atom. The molecular formula is C21H11F5N2O2. The normalized spacial score (nSPS) is 11.3. The summed E-state index contributed by atoms with van der Waals surface area (Å²) in [5.74, 6) is -10.2. The van der Waals surface area contributed by atoms with Gasteiger partial charge in [0.25, 0.3) is 0 Å². The van der Waals surface area contributed by atoms with Crippen LogP contribution in [0.5, 0.6) is 0 Å². The molecule has 0 bridgehead atoms. The van der Waals surface area contributed by atoms with E-state index in [9.17, 15) is 31.9 Å². The number of benzene rings is 3. The molecule has 3 aromatic carbocycles. The largest absolute Gasteiger partial charge is 0.478 e. The summed E-state index contributed by atoms with van der Waals surface area (Å²) >= 11 is 0. The highest BCUT2D eigenvalue weighted by molar-refractivity contribution is 6.02. The second-order valence-electron chi connectivity index (χ2n) is 6.58. The van der Waals surface area contributed by atoms with Gasteiger partial charge < -0.3 is 10.1 Å². The third-order valence-corrected chi connectivity index (χ3v) is 4.60. The van der Waals surface area contributed by atoms with Crippen LogP contribution in [-0.4, -0.2) is 21.0 Å². The number of H-pyrrole nitrogens is 1. The van der Waals surface area contributed by atoms with Crippen molar-refractivity contribution in [1.82, 2.24) is 9.97 Å². The molecule has 2 N–H and O–H groups in total. The molecule has 0 radical (unpaired) electrons. The van der Waals surface area contributed by atoms with Crippen molar-refractivity contribution in [1.29, 1.82) is 0 Å². The summed E-state index contributed by atoms with van der Waals surface area (Å²) < 4.78 is 72.9. The molecular weight excluding hydrogens is 407 g/mol. The summed E-state index contributed by atoms with van der Waals surface area (Å²) in [6, 6.07) is 7.16. The summed E-state index contributed by atoms with van der Waals surface area (Å²) in [6.07, 6.45) is 0. The highest BCUT2D eigenvalue weighted by atomic mass is 19.2. The monoisotopic (exact) mass is 418 g/mol. The second-order valence-corrected chi connectivity index (χ2v) is 6.58. The SMILES string of the molecule is Cc1cc(C(=O)O)c2nc(-c3c(F)c(F)c(-c4ccccc4F)c(F)c3F)[nH]c2c1. The number of carbonyl (C=O) groups is 1. The number of aromatic amines is 1. The van der Waals surface area contributed by atoms with Crippen molar-refractivity contribution in [2.75, 3.05) is 0 Å². The molecule has 0 unspecified atom stereocenters. The average molecular weight is 418 g/mol. The van der Waals surface area contributed by atoms with Crippen LogP contribution in [-0.2, 0) is 0 Å². The van der Waals surface area contributed by atoms with Crippen LogP contribution < -0.4 is 0 Å². The molecule has 0 saturated carbocycles. The summed E-state index contributed by atoms with van der Waals surface area (Å²) in [5.41, 5.74) is -2.76. The minimum atomic E-state index is -1.80. The van der Waals surface area contributed by atoms with Crippen molar-refractivity contribution in [2.45, 2.75) is 6.92 Å². The van der Waals surface area contributed by atoms with Crippen molar-refractivity contribution >= 4 is 17.0 Å². The highest BCUT2D eigenvalue weighted by Gasteiger charge is 2.30. The molecule has 1 heterocycles. The molecule has 4 aromatic rings. The van der Waals surface area contributed by atoms with Gasteiger partial charge in [0.15, 0.2) is 23.3 Å². The van der Waals surface area contributed by atoms with E-state index in [4.69, 9.17) is 0 Å². The maximum absolute atomic E-state index is 14.8. The van der Waals surface area contributed by atoms with Crippen molar-refractivity contribution in [3.63, 3.8) is 0 Å². The molecule has 1 aromatic heterocycles. The number of nitrogens with zero attached hydrogens (tertiary/aromatic N) is 1. The number of fused-ring (bicyclic) bond motifs is 1. The predicted molar refractivity (Wildman–Crippen MR) is 98.5 cm³/mol. The molecule has 0 amide bonds. The van der Waals surface area contributed by atoms with Crippen LogP contribution in [0.3, 0.4) is 0 Å². The number of aromatic carboxylic acids is 1. The van der Waals surface area contributed by atoms with Gasteiger partial charge in [-0.15, -0.1) is 0 Å². The lowest BCUT2D eigenvalue weighted by atomic mass is 10.00. The maximum Gasteiger partial charge on any atom is 0.337 e. The first-order valence-corrected chi connectivity index (χ1v) is 8.55.